The average Bonchev–Trinajstić information content (AvgIpc) is 2.82. The van der Waals surface area contributed by atoms with Crippen LogP contribution in [0.25, 0.3) is 0 Å². The second-order valence-electron chi connectivity index (χ2n) is 3.79. The number of nitrogens with one attached hydrogen (secondary N) is 2. The molecule has 0 amide bonds. The first-order chi connectivity index (χ1) is 8.61. The van der Waals surface area contributed by atoms with E-state index in [1.807, 2.05) is 6.92 Å². The van der Waals surface area contributed by atoms with Crippen molar-refractivity contribution in [3.05, 3.63) is 11.8 Å². The molecule has 0 aromatic carbocycles. The molecule has 0 radical (unpaired) electrons. The van der Waals surface area contributed by atoms with Gasteiger partial charge in [0.15, 0.2) is 5.03 Å². The van der Waals surface area contributed by atoms with Crippen molar-refractivity contribution in [2.24, 2.45) is 5.73 Å². The van der Waals surface area contributed by atoms with Gasteiger partial charge in [0.1, 0.15) is 0 Å². The first-order valence-electron chi connectivity index (χ1n) is 5.91. The summed E-state index contributed by atoms with van der Waals surface area (Å²) in [5.74, 6) is 0. The molecule has 0 aliphatic heterocycles. The van der Waals surface area contributed by atoms with Gasteiger partial charge >= 0.3 is 0 Å². The van der Waals surface area contributed by atoms with Crippen LogP contribution in [0.5, 0.6) is 0 Å². The highest BCUT2D eigenvalue weighted by atomic mass is 32.2. The number of ether oxygens (including phenoxy) is 1. The fourth-order valence-corrected chi connectivity index (χ4v) is 2.59. The topological polar surface area (TPSA) is 110 Å². The smallest absolute Gasteiger partial charge is 0.257 e. The monoisotopic (exact) mass is 276 g/mol. The number of aromatic nitrogens is 2. The van der Waals surface area contributed by atoms with Gasteiger partial charge in [-0.15, -0.1) is 0 Å². The molecule has 1 aromatic heterocycles. The molecular weight excluding hydrogens is 256 g/mol. The third-order valence-corrected chi connectivity index (χ3v) is 3.75. The molecule has 1 rings (SSSR count). The van der Waals surface area contributed by atoms with Gasteiger partial charge in [0.25, 0.3) is 10.0 Å². The summed E-state index contributed by atoms with van der Waals surface area (Å²) in [6.45, 7) is 3.73. The number of H-pyrrole nitrogens is 1. The molecule has 0 atom stereocenters. The second kappa shape index (κ2) is 7.47. The zero-order valence-electron chi connectivity index (χ0n) is 10.5. The maximum atomic E-state index is 11.9. The van der Waals surface area contributed by atoms with Gasteiger partial charge in [-0.1, -0.05) is 6.92 Å². The number of nitrogens with two attached hydrogens (primary N) is 1. The van der Waals surface area contributed by atoms with Gasteiger partial charge in [-0.05, 0) is 12.8 Å². The van der Waals surface area contributed by atoms with Crippen molar-refractivity contribution in [3.63, 3.8) is 0 Å². The van der Waals surface area contributed by atoms with Crippen LogP contribution < -0.4 is 10.5 Å². The van der Waals surface area contributed by atoms with E-state index in [0.29, 0.717) is 31.7 Å². The van der Waals surface area contributed by atoms with E-state index in [1.165, 1.54) is 6.20 Å². The lowest BCUT2D eigenvalue weighted by Gasteiger charge is -2.06. The van der Waals surface area contributed by atoms with E-state index < -0.39 is 10.0 Å². The Kier molecular flexibility index (Phi) is 6.27. The van der Waals surface area contributed by atoms with Crippen LogP contribution in [0.4, 0.5) is 0 Å². The number of hydrogen-bond acceptors (Lipinski definition) is 5. The molecule has 0 spiro atoms. The van der Waals surface area contributed by atoms with Crippen molar-refractivity contribution in [1.29, 1.82) is 0 Å². The molecule has 8 heteroatoms. The summed E-state index contributed by atoms with van der Waals surface area (Å²) >= 11 is 0. The van der Waals surface area contributed by atoms with Gasteiger partial charge < -0.3 is 10.5 Å². The standard InChI is InChI=1S/C10H20N4O3S/c1-2-5-17-6-3-4-13-18(15,16)10-9(7-11)8-12-14-10/h8,13H,2-7,11H2,1H3,(H,12,14). The van der Waals surface area contributed by atoms with Crippen LogP contribution in [-0.4, -0.2) is 38.4 Å². The highest BCUT2D eigenvalue weighted by Crippen LogP contribution is 2.10. The molecular formula is C10H20N4O3S. The number of nitrogens with zero attached hydrogens (tertiary/aromatic N) is 1. The van der Waals surface area contributed by atoms with Crippen LogP contribution in [0.2, 0.25) is 0 Å². The molecule has 4 N–H and O–H groups in total. The Morgan fingerprint density at radius 2 is 2.28 bits per heavy atom. The fourth-order valence-electron chi connectivity index (χ4n) is 1.38. The minimum Gasteiger partial charge on any atom is -0.381 e. The summed E-state index contributed by atoms with van der Waals surface area (Å²) in [5, 5.41) is 6.17. The first-order valence-corrected chi connectivity index (χ1v) is 7.40. The van der Waals surface area contributed by atoms with Gasteiger partial charge in [-0.25, -0.2) is 13.1 Å². The van der Waals surface area contributed by atoms with E-state index in [0.717, 1.165) is 6.42 Å². The van der Waals surface area contributed by atoms with Gasteiger partial charge in [0.2, 0.25) is 0 Å². The number of rotatable bonds is 9. The lowest BCUT2D eigenvalue weighted by atomic mass is 10.4. The minimum atomic E-state index is -3.56. The Hall–Kier alpha value is -0.960. The van der Waals surface area contributed by atoms with E-state index in [9.17, 15) is 8.42 Å². The number of aromatic amines is 1. The summed E-state index contributed by atoms with van der Waals surface area (Å²) < 4.78 is 31.5. The van der Waals surface area contributed by atoms with Crippen LogP contribution in [0.1, 0.15) is 25.3 Å². The van der Waals surface area contributed by atoms with Crippen molar-refractivity contribution in [1.82, 2.24) is 14.9 Å². The lowest BCUT2D eigenvalue weighted by molar-refractivity contribution is 0.133. The molecule has 1 heterocycles. The van der Waals surface area contributed by atoms with E-state index in [1.54, 1.807) is 0 Å². The normalized spacial score (nSPS) is 11.9. The quantitative estimate of drug-likeness (QED) is 0.548. The largest absolute Gasteiger partial charge is 0.381 e. The third kappa shape index (κ3) is 4.37. The summed E-state index contributed by atoms with van der Waals surface area (Å²) in [7, 11) is -3.56. The van der Waals surface area contributed by atoms with Crippen LogP contribution in [-0.2, 0) is 21.3 Å². The minimum absolute atomic E-state index is 0.0412. The second-order valence-corrected chi connectivity index (χ2v) is 5.50. The molecule has 0 saturated heterocycles. The van der Waals surface area contributed by atoms with Crippen LogP contribution >= 0.6 is 0 Å². The van der Waals surface area contributed by atoms with Crippen molar-refractivity contribution in [3.8, 4) is 0 Å². The maximum absolute atomic E-state index is 11.9. The van der Waals surface area contributed by atoms with Gasteiger partial charge in [0.05, 0.1) is 6.20 Å². The summed E-state index contributed by atoms with van der Waals surface area (Å²) in [5.41, 5.74) is 5.91. The Bertz CT molecular complexity index is 444. The van der Waals surface area contributed by atoms with Crippen LogP contribution in [0.15, 0.2) is 11.2 Å². The molecule has 0 bridgehead atoms. The highest BCUT2D eigenvalue weighted by Gasteiger charge is 2.19. The third-order valence-electron chi connectivity index (χ3n) is 2.27. The van der Waals surface area contributed by atoms with Gasteiger partial charge in [0, 0.05) is 31.9 Å². The molecule has 104 valence electrons. The Morgan fingerprint density at radius 3 is 2.94 bits per heavy atom. The van der Waals surface area contributed by atoms with E-state index >= 15 is 0 Å². The van der Waals surface area contributed by atoms with Crippen molar-refractivity contribution in [2.45, 2.75) is 31.3 Å². The van der Waals surface area contributed by atoms with Crippen molar-refractivity contribution < 1.29 is 13.2 Å². The van der Waals surface area contributed by atoms with Gasteiger partial charge in [-0.3, -0.25) is 5.10 Å². The molecule has 0 aliphatic rings. The molecule has 7 nitrogen and oxygen atoms in total. The molecule has 1 aromatic rings. The van der Waals surface area contributed by atoms with E-state index in [2.05, 4.69) is 14.9 Å². The van der Waals surface area contributed by atoms with Crippen LogP contribution in [0, 0.1) is 0 Å². The summed E-state index contributed by atoms with van der Waals surface area (Å²) in [6, 6.07) is 0. The van der Waals surface area contributed by atoms with Crippen molar-refractivity contribution in [2.75, 3.05) is 19.8 Å². The molecule has 0 aliphatic carbocycles. The zero-order chi connectivity index (χ0) is 13.4. The highest BCUT2D eigenvalue weighted by molar-refractivity contribution is 7.89. The maximum Gasteiger partial charge on any atom is 0.257 e. The van der Waals surface area contributed by atoms with Crippen LogP contribution in [0.3, 0.4) is 0 Å². The predicted octanol–water partition coefficient (Wildman–Crippen LogP) is -0.0366. The molecule has 0 fully saturated rings. The zero-order valence-corrected chi connectivity index (χ0v) is 11.3. The van der Waals surface area contributed by atoms with E-state index in [4.69, 9.17) is 10.5 Å². The molecule has 0 saturated carbocycles. The first kappa shape index (κ1) is 15.1. The number of hydrogen-bond donors (Lipinski definition) is 3. The van der Waals surface area contributed by atoms with Crippen molar-refractivity contribution >= 4 is 10.0 Å². The SMILES string of the molecule is CCCOCCCNS(=O)(=O)c1[nH]ncc1CN. The average molecular weight is 276 g/mol. The fraction of sp³-hybridized carbons (Fsp3) is 0.700. The summed E-state index contributed by atoms with van der Waals surface area (Å²) in [6.07, 6.45) is 3.00. The Morgan fingerprint density at radius 1 is 1.50 bits per heavy atom. The lowest BCUT2D eigenvalue weighted by Crippen LogP contribution is -2.27. The Labute approximate surface area is 107 Å². The Balaban J connectivity index is 2.41. The van der Waals surface area contributed by atoms with E-state index in [-0.39, 0.29) is 11.6 Å². The molecule has 18 heavy (non-hydrogen) atoms. The predicted molar refractivity (Wildman–Crippen MR) is 67.4 cm³/mol. The molecule has 0 unspecified atom stereocenters. The van der Waals surface area contributed by atoms with Gasteiger partial charge in [-0.2, -0.15) is 5.10 Å². The number of sulfonamides is 1. The summed E-state index contributed by atoms with van der Waals surface area (Å²) in [4.78, 5) is 0.